The zero-order valence-corrected chi connectivity index (χ0v) is 13.7. The standard InChI is InChI=1S/C18H23N3O3/c1-12(22)21-7-6-13-4-2-3-5-15(13)16(21)8-18(24)20-10-14-9-19-11-17(14)23/h2-7,14,16-17,19,23H,8-11H2,1H3,(H,20,24). The minimum absolute atomic E-state index is 0.0383. The molecule has 0 aliphatic carbocycles. The first-order chi connectivity index (χ1) is 11.6. The maximum atomic E-state index is 12.4. The average Bonchev–Trinajstić information content (AvgIpc) is 2.98. The minimum atomic E-state index is -0.419. The molecule has 0 radical (unpaired) electrons. The number of β-amino-alcohol motifs (C(OH)–C–C–N with tert-alkyl or cyclic N) is 1. The third-order valence-corrected chi connectivity index (χ3v) is 4.71. The predicted octanol–water partition coefficient (Wildman–Crippen LogP) is 0.647. The van der Waals surface area contributed by atoms with Gasteiger partial charge >= 0.3 is 0 Å². The van der Waals surface area contributed by atoms with Crippen LogP contribution < -0.4 is 10.6 Å². The van der Waals surface area contributed by atoms with Gasteiger partial charge in [0, 0.05) is 38.7 Å². The van der Waals surface area contributed by atoms with Crippen molar-refractivity contribution in [3.63, 3.8) is 0 Å². The van der Waals surface area contributed by atoms with Crippen LogP contribution in [0.4, 0.5) is 0 Å². The van der Waals surface area contributed by atoms with Crippen LogP contribution in [-0.2, 0) is 9.59 Å². The molecule has 1 aromatic carbocycles. The van der Waals surface area contributed by atoms with Gasteiger partial charge < -0.3 is 20.6 Å². The number of rotatable bonds is 4. The molecule has 1 fully saturated rings. The number of hydrogen-bond donors (Lipinski definition) is 3. The lowest BCUT2D eigenvalue weighted by Crippen LogP contribution is -2.38. The fraction of sp³-hybridized carbons (Fsp3) is 0.444. The fourth-order valence-corrected chi connectivity index (χ4v) is 3.33. The molecule has 2 amide bonds. The lowest BCUT2D eigenvalue weighted by atomic mass is 9.93. The summed E-state index contributed by atoms with van der Waals surface area (Å²) in [6, 6.07) is 7.50. The molecular formula is C18H23N3O3. The number of benzene rings is 1. The summed E-state index contributed by atoms with van der Waals surface area (Å²) in [6.45, 7) is 3.22. The van der Waals surface area contributed by atoms with Gasteiger partial charge in [-0.15, -0.1) is 0 Å². The van der Waals surface area contributed by atoms with Gasteiger partial charge in [0.2, 0.25) is 11.8 Å². The number of carbonyl (C=O) groups is 2. The molecule has 0 bridgehead atoms. The van der Waals surface area contributed by atoms with E-state index in [9.17, 15) is 14.7 Å². The molecule has 3 rings (SSSR count). The second kappa shape index (κ2) is 7.15. The Morgan fingerprint density at radius 2 is 2.12 bits per heavy atom. The Hall–Kier alpha value is -2.18. The lowest BCUT2D eigenvalue weighted by Gasteiger charge is -2.32. The van der Waals surface area contributed by atoms with E-state index in [1.807, 2.05) is 30.3 Å². The molecule has 2 heterocycles. The maximum absolute atomic E-state index is 12.4. The van der Waals surface area contributed by atoms with Crippen molar-refractivity contribution < 1.29 is 14.7 Å². The van der Waals surface area contributed by atoms with Gasteiger partial charge in [0.25, 0.3) is 0 Å². The van der Waals surface area contributed by atoms with Gasteiger partial charge in [-0.3, -0.25) is 9.59 Å². The first-order valence-corrected chi connectivity index (χ1v) is 8.28. The number of fused-ring (bicyclic) bond motifs is 1. The zero-order valence-electron chi connectivity index (χ0n) is 13.7. The summed E-state index contributed by atoms with van der Waals surface area (Å²) in [6.07, 6.45) is 3.42. The molecule has 0 spiro atoms. The molecule has 6 nitrogen and oxygen atoms in total. The van der Waals surface area contributed by atoms with Gasteiger partial charge in [-0.1, -0.05) is 24.3 Å². The van der Waals surface area contributed by atoms with Crippen molar-refractivity contribution >= 4 is 17.9 Å². The number of nitrogens with one attached hydrogen (secondary N) is 2. The van der Waals surface area contributed by atoms with E-state index in [4.69, 9.17) is 0 Å². The number of carbonyl (C=O) groups excluding carboxylic acids is 2. The van der Waals surface area contributed by atoms with Gasteiger partial charge in [0.15, 0.2) is 0 Å². The first-order valence-electron chi connectivity index (χ1n) is 8.28. The van der Waals surface area contributed by atoms with Crippen LogP contribution in [0.2, 0.25) is 0 Å². The molecule has 3 N–H and O–H groups in total. The summed E-state index contributed by atoms with van der Waals surface area (Å²) in [4.78, 5) is 25.9. The van der Waals surface area contributed by atoms with Crippen LogP contribution in [0.3, 0.4) is 0 Å². The summed E-state index contributed by atoms with van der Waals surface area (Å²) in [7, 11) is 0. The van der Waals surface area contributed by atoms with Gasteiger partial charge in [0.1, 0.15) is 0 Å². The van der Waals surface area contributed by atoms with E-state index in [-0.39, 0.29) is 30.2 Å². The summed E-state index contributed by atoms with van der Waals surface area (Å²) < 4.78 is 0. The molecule has 1 aromatic rings. The summed E-state index contributed by atoms with van der Waals surface area (Å²) in [5.74, 6) is -0.166. The molecule has 24 heavy (non-hydrogen) atoms. The summed E-state index contributed by atoms with van der Waals surface area (Å²) in [5, 5.41) is 15.8. The van der Waals surface area contributed by atoms with Crippen molar-refractivity contribution in [2.75, 3.05) is 19.6 Å². The summed E-state index contributed by atoms with van der Waals surface area (Å²) in [5.41, 5.74) is 2.01. The Morgan fingerprint density at radius 3 is 2.83 bits per heavy atom. The lowest BCUT2D eigenvalue weighted by molar-refractivity contribution is -0.130. The van der Waals surface area contributed by atoms with Crippen molar-refractivity contribution in [3.8, 4) is 0 Å². The van der Waals surface area contributed by atoms with E-state index < -0.39 is 6.10 Å². The second-order valence-electron chi connectivity index (χ2n) is 6.38. The Labute approximate surface area is 141 Å². The van der Waals surface area contributed by atoms with Crippen LogP contribution in [0.15, 0.2) is 30.5 Å². The highest BCUT2D eigenvalue weighted by atomic mass is 16.3. The number of nitrogens with zero attached hydrogens (tertiary/aromatic N) is 1. The van der Waals surface area contributed by atoms with Crippen LogP contribution in [0.1, 0.15) is 30.5 Å². The Balaban J connectivity index is 1.68. The van der Waals surface area contributed by atoms with E-state index in [1.54, 1.807) is 11.1 Å². The zero-order chi connectivity index (χ0) is 17.1. The number of amides is 2. The topological polar surface area (TPSA) is 81.7 Å². The van der Waals surface area contributed by atoms with Crippen molar-refractivity contribution in [3.05, 3.63) is 41.6 Å². The highest BCUT2D eigenvalue weighted by Gasteiger charge is 2.29. The molecule has 0 saturated carbocycles. The highest BCUT2D eigenvalue weighted by molar-refractivity contribution is 5.81. The largest absolute Gasteiger partial charge is 0.391 e. The highest BCUT2D eigenvalue weighted by Crippen LogP contribution is 2.32. The third kappa shape index (κ3) is 3.49. The molecule has 2 aliphatic heterocycles. The molecule has 2 aliphatic rings. The Kier molecular flexibility index (Phi) is 4.97. The van der Waals surface area contributed by atoms with Gasteiger partial charge in [-0.2, -0.15) is 0 Å². The third-order valence-electron chi connectivity index (χ3n) is 4.71. The average molecular weight is 329 g/mol. The molecule has 6 heteroatoms. The van der Waals surface area contributed by atoms with Gasteiger partial charge in [0.05, 0.1) is 18.6 Å². The van der Waals surface area contributed by atoms with Crippen molar-refractivity contribution in [2.24, 2.45) is 5.92 Å². The minimum Gasteiger partial charge on any atom is -0.391 e. The number of aliphatic hydroxyl groups excluding tert-OH is 1. The first kappa shape index (κ1) is 16.7. The molecule has 1 saturated heterocycles. The van der Waals surface area contributed by atoms with E-state index in [0.29, 0.717) is 19.6 Å². The molecule has 3 atom stereocenters. The SMILES string of the molecule is CC(=O)N1C=Cc2ccccc2C1CC(=O)NCC1CNCC1O. The van der Waals surface area contributed by atoms with Crippen LogP contribution in [0.5, 0.6) is 0 Å². The van der Waals surface area contributed by atoms with Gasteiger partial charge in [-0.25, -0.2) is 0 Å². The summed E-state index contributed by atoms with van der Waals surface area (Å²) >= 11 is 0. The van der Waals surface area contributed by atoms with E-state index in [2.05, 4.69) is 10.6 Å². The normalized spacial score (nSPS) is 25.4. The second-order valence-corrected chi connectivity index (χ2v) is 6.38. The number of hydrogen-bond acceptors (Lipinski definition) is 4. The molecule has 3 unspecified atom stereocenters. The van der Waals surface area contributed by atoms with E-state index in [0.717, 1.165) is 11.1 Å². The Morgan fingerprint density at radius 1 is 1.33 bits per heavy atom. The van der Waals surface area contributed by atoms with Crippen molar-refractivity contribution in [2.45, 2.75) is 25.5 Å². The fourth-order valence-electron chi connectivity index (χ4n) is 3.33. The quantitative estimate of drug-likeness (QED) is 0.757. The van der Waals surface area contributed by atoms with Crippen molar-refractivity contribution in [1.82, 2.24) is 15.5 Å². The molecule has 0 aromatic heterocycles. The van der Waals surface area contributed by atoms with Crippen LogP contribution in [0, 0.1) is 5.92 Å². The van der Waals surface area contributed by atoms with E-state index in [1.165, 1.54) is 6.92 Å². The molecule has 128 valence electrons. The molecular weight excluding hydrogens is 306 g/mol. The van der Waals surface area contributed by atoms with Crippen LogP contribution in [-0.4, -0.2) is 47.6 Å². The monoisotopic (exact) mass is 329 g/mol. The van der Waals surface area contributed by atoms with Crippen molar-refractivity contribution in [1.29, 1.82) is 0 Å². The predicted molar refractivity (Wildman–Crippen MR) is 90.7 cm³/mol. The van der Waals surface area contributed by atoms with E-state index >= 15 is 0 Å². The maximum Gasteiger partial charge on any atom is 0.223 e. The van der Waals surface area contributed by atoms with Gasteiger partial charge in [-0.05, 0) is 17.2 Å². The number of aliphatic hydroxyl groups is 1. The van der Waals surface area contributed by atoms with Crippen LogP contribution in [0.25, 0.3) is 6.08 Å². The van der Waals surface area contributed by atoms with Crippen LogP contribution >= 0.6 is 0 Å². The Bertz CT molecular complexity index is 659. The smallest absolute Gasteiger partial charge is 0.223 e.